The maximum Gasteiger partial charge on any atom is 0.348 e. The first-order valence-electron chi connectivity index (χ1n) is 8.49. The lowest BCUT2D eigenvalue weighted by molar-refractivity contribution is -0.167. The van der Waals surface area contributed by atoms with E-state index in [1.54, 1.807) is 52.0 Å². The zero-order chi connectivity index (χ0) is 19.2. The van der Waals surface area contributed by atoms with Gasteiger partial charge in [-0.25, -0.2) is 9.59 Å². The molecular formula is C19H21NO6. The molecule has 2 amide bonds. The van der Waals surface area contributed by atoms with Crippen LogP contribution in [0.15, 0.2) is 24.3 Å². The van der Waals surface area contributed by atoms with Crippen molar-refractivity contribution in [1.29, 1.82) is 0 Å². The highest BCUT2D eigenvalue weighted by molar-refractivity contribution is 6.22. The summed E-state index contributed by atoms with van der Waals surface area (Å²) in [6.45, 7) is 7.08. The summed E-state index contributed by atoms with van der Waals surface area (Å²) in [5.74, 6) is -2.85. The number of esters is 2. The molecule has 0 unspecified atom stereocenters. The molecule has 0 saturated carbocycles. The van der Waals surface area contributed by atoms with Crippen LogP contribution in [0.5, 0.6) is 0 Å². The summed E-state index contributed by atoms with van der Waals surface area (Å²) in [5, 5.41) is 0. The average Bonchev–Trinajstić information content (AvgIpc) is 2.98. The summed E-state index contributed by atoms with van der Waals surface area (Å²) in [6, 6.07) is 5.30. The summed E-state index contributed by atoms with van der Waals surface area (Å²) in [5.41, 5.74) is -0.149. The highest BCUT2D eigenvalue weighted by Crippen LogP contribution is 2.33. The van der Waals surface area contributed by atoms with Gasteiger partial charge in [-0.3, -0.25) is 14.5 Å². The Morgan fingerprint density at radius 2 is 1.69 bits per heavy atom. The number of benzene rings is 1. The molecule has 26 heavy (non-hydrogen) atoms. The molecular weight excluding hydrogens is 338 g/mol. The van der Waals surface area contributed by atoms with Gasteiger partial charge in [-0.1, -0.05) is 39.8 Å². The number of amides is 2. The first-order valence-corrected chi connectivity index (χ1v) is 8.49. The lowest BCUT2D eigenvalue weighted by Crippen LogP contribution is -2.50. The van der Waals surface area contributed by atoms with E-state index in [0.29, 0.717) is 0 Å². The summed E-state index contributed by atoms with van der Waals surface area (Å²) < 4.78 is 10.4. The third kappa shape index (κ3) is 2.77. The van der Waals surface area contributed by atoms with E-state index in [1.807, 2.05) is 0 Å². The van der Waals surface area contributed by atoms with E-state index < -0.39 is 41.3 Å². The van der Waals surface area contributed by atoms with Crippen LogP contribution in [0, 0.1) is 11.3 Å². The fourth-order valence-corrected chi connectivity index (χ4v) is 3.26. The lowest BCUT2D eigenvalue weighted by Gasteiger charge is -2.30. The van der Waals surface area contributed by atoms with Gasteiger partial charge in [0.2, 0.25) is 6.10 Å². The molecule has 0 radical (unpaired) electrons. The number of cyclic esters (lactones) is 1. The van der Waals surface area contributed by atoms with Crippen molar-refractivity contribution in [2.75, 3.05) is 6.61 Å². The Bertz CT molecular complexity index is 762. The van der Waals surface area contributed by atoms with Gasteiger partial charge < -0.3 is 9.47 Å². The highest BCUT2D eigenvalue weighted by atomic mass is 16.6. The average molecular weight is 359 g/mol. The van der Waals surface area contributed by atoms with Gasteiger partial charge in [0.15, 0.2) is 0 Å². The highest BCUT2D eigenvalue weighted by Gasteiger charge is 2.50. The quantitative estimate of drug-likeness (QED) is 0.601. The van der Waals surface area contributed by atoms with Gasteiger partial charge in [0.25, 0.3) is 11.8 Å². The Kier molecular flexibility index (Phi) is 4.34. The molecule has 138 valence electrons. The second-order valence-electron chi connectivity index (χ2n) is 7.63. The second-order valence-corrected chi connectivity index (χ2v) is 7.63. The largest absolute Gasteiger partial charge is 0.462 e. The molecule has 7 heteroatoms. The van der Waals surface area contributed by atoms with Crippen LogP contribution >= 0.6 is 0 Å². The summed E-state index contributed by atoms with van der Waals surface area (Å²) in [6.07, 6.45) is -1.06. The maximum absolute atomic E-state index is 12.8. The normalized spacial score (nSPS) is 22.4. The standard InChI is InChI=1S/C19H21NO6/c1-10(2)13(17(23)26-14-18(24)25-9-19(14,3)4)20-15(21)11-7-5-6-8-12(11)16(20)22/h5-8,10,13-14H,9H2,1-4H3/t13-,14-/m0/s1. The molecule has 2 aliphatic rings. The Labute approximate surface area is 151 Å². The van der Waals surface area contributed by atoms with Crippen molar-refractivity contribution in [3.8, 4) is 0 Å². The molecule has 0 spiro atoms. The summed E-state index contributed by atoms with van der Waals surface area (Å²) in [7, 11) is 0. The fraction of sp³-hybridized carbons (Fsp3) is 0.474. The van der Waals surface area contributed by atoms with Crippen molar-refractivity contribution < 1.29 is 28.7 Å². The number of carbonyl (C=O) groups excluding carboxylic acids is 4. The van der Waals surface area contributed by atoms with Crippen molar-refractivity contribution in [3.05, 3.63) is 35.4 Å². The van der Waals surface area contributed by atoms with Crippen LogP contribution in [0.3, 0.4) is 0 Å². The predicted octanol–water partition coefficient (Wildman–Crippen LogP) is 1.80. The topological polar surface area (TPSA) is 90.0 Å². The molecule has 1 aromatic carbocycles. The predicted molar refractivity (Wildman–Crippen MR) is 90.2 cm³/mol. The van der Waals surface area contributed by atoms with E-state index in [9.17, 15) is 19.2 Å². The van der Waals surface area contributed by atoms with Gasteiger partial charge in [-0.2, -0.15) is 0 Å². The molecule has 3 rings (SSSR count). The van der Waals surface area contributed by atoms with Crippen LogP contribution in [0.1, 0.15) is 48.4 Å². The van der Waals surface area contributed by atoms with Crippen LogP contribution in [0.2, 0.25) is 0 Å². The second kappa shape index (κ2) is 6.23. The van der Waals surface area contributed by atoms with Gasteiger partial charge in [-0.15, -0.1) is 0 Å². The van der Waals surface area contributed by atoms with E-state index in [1.165, 1.54) is 0 Å². The monoisotopic (exact) mass is 359 g/mol. The molecule has 0 aliphatic carbocycles. The molecule has 1 aromatic rings. The lowest BCUT2D eigenvalue weighted by atomic mass is 9.89. The molecule has 2 heterocycles. The first-order chi connectivity index (χ1) is 12.1. The minimum absolute atomic E-state index is 0.142. The molecule has 7 nitrogen and oxygen atoms in total. The molecule has 1 saturated heterocycles. The number of fused-ring (bicyclic) bond motifs is 1. The Morgan fingerprint density at radius 1 is 1.15 bits per heavy atom. The molecule has 0 aromatic heterocycles. The Morgan fingerprint density at radius 3 is 2.12 bits per heavy atom. The van der Waals surface area contributed by atoms with E-state index in [4.69, 9.17) is 9.47 Å². The Hall–Kier alpha value is -2.70. The molecule has 2 atom stereocenters. The zero-order valence-corrected chi connectivity index (χ0v) is 15.1. The summed E-state index contributed by atoms with van der Waals surface area (Å²) >= 11 is 0. The smallest absolute Gasteiger partial charge is 0.348 e. The summed E-state index contributed by atoms with van der Waals surface area (Å²) in [4.78, 5) is 51.0. The van der Waals surface area contributed by atoms with Gasteiger partial charge in [-0.05, 0) is 18.1 Å². The fourth-order valence-electron chi connectivity index (χ4n) is 3.26. The Balaban J connectivity index is 1.89. The number of ether oxygens (including phenoxy) is 2. The number of nitrogens with zero attached hydrogens (tertiary/aromatic N) is 1. The maximum atomic E-state index is 12.8. The van der Waals surface area contributed by atoms with Crippen LogP contribution < -0.4 is 0 Å². The molecule has 1 fully saturated rings. The number of rotatable bonds is 4. The van der Waals surface area contributed by atoms with Crippen LogP contribution in [-0.2, 0) is 19.1 Å². The van der Waals surface area contributed by atoms with E-state index in [-0.39, 0.29) is 23.7 Å². The molecule has 2 aliphatic heterocycles. The zero-order valence-electron chi connectivity index (χ0n) is 15.1. The molecule has 0 N–H and O–H groups in total. The number of imide groups is 1. The van der Waals surface area contributed by atoms with Crippen molar-refractivity contribution in [1.82, 2.24) is 4.90 Å². The van der Waals surface area contributed by atoms with E-state index in [0.717, 1.165) is 4.90 Å². The minimum atomic E-state index is -1.12. The van der Waals surface area contributed by atoms with Crippen LogP contribution in [0.4, 0.5) is 0 Å². The number of hydrogen-bond acceptors (Lipinski definition) is 6. The van der Waals surface area contributed by atoms with E-state index in [2.05, 4.69) is 0 Å². The minimum Gasteiger partial charge on any atom is -0.462 e. The molecule has 0 bridgehead atoms. The van der Waals surface area contributed by atoms with Crippen molar-refractivity contribution in [2.45, 2.75) is 39.8 Å². The van der Waals surface area contributed by atoms with Gasteiger partial charge in [0.05, 0.1) is 11.1 Å². The SMILES string of the molecule is CC(C)[C@@H](C(=O)O[C@H]1C(=O)OCC1(C)C)N1C(=O)c2ccccc2C1=O. The van der Waals surface area contributed by atoms with Crippen LogP contribution in [0.25, 0.3) is 0 Å². The number of hydrogen-bond donors (Lipinski definition) is 0. The van der Waals surface area contributed by atoms with E-state index >= 15 is 0 Å². The van der Waals surface area contributed by atoms with Crippen LogP contribution in [-0.4, -0.2) is 47.4 Å². The first kappa shape index (κ1) is 18.1. The van der Waals surface area contributed by atoms with Gasteiger partial charge in [0.1, 0.15) is 12.6 Å². The van der Waals surface area contributed by atoms with Crippen molar-refractivity contribution in [3.63, 3.8) is 0 Å². The third-order valence-corrected chi connectivity index (χ3v) is 4.72. The number of carbonyl (C=O) groups is 4. The van der Waals surface area contributed by atoms with Crippen molar-refractivity contribution in [2.24, 2.45) is 11.3 Å². The van der Waals surface area contributed by atoms with Crippen molar-refractivity contribution >= 4 is 23.8 Å². The van der Waals surface area contributed by atoms with Gasteiger partial charge in [0, 0.05) is 5.41 Å². The third-order valence-electron chi connectivity index (χ3n) is 4.72. The van der Waals surface area contributed by atoms with Gasteiger partial charge >= 0.3 is 11.9 Å².